The van der Waals surface area contributed by atoms with Gasteiger partial charge in [0, 0.05) is 13.1 Å². The molecule has 2 N–H and O–H groups in total. The molecule has 0 saturated carbocycles. The van der Waals surface area contributed by atoms with Crippen LogP contribution in [0, 0.1) is 0 Å². The molecule has 2 aromatic heterocycles. The molecule has 0 bridgehead atoms. The summed E-state index contributed by atoms with van der Waals surface area (Å²) in [4.78, 5) is 10.9. The second kappa shape index (κ2) is 5.56. The predicted octanol–water partition coefficient (Wildman–Crippen LogP) is 0.519. The molecule has 0 unspecified atom stereocenters. The molecule has 1 aliphatic rings. The van der Waals surface area contributed by atoms with Gasteiger partial charge in [-0.3, -0.25) is 0 Å². The van der Waals surface area contributed by atoms with Gasteiger partial charge in [-0.05, 0) is 19.1 Å². The Hall–Kier alpha value is -1.99. The van der Waals surface area contributed by atoms with Crippen molar-refractivity contribution in [2.24, 2.45) is 5.73 Å². The van der Waals surface area contributed by atoms with Crippen LogP contribution in [-0.4, -0.2) is 46.1 Å². The van der Waals surface area contributed by atoms with E-state index in [-0.39, 0.29) is 6.04 Å². The van der Waals surface area contributed by atoms with Gasteiger partial charge >= 0.3 is 0 Å². The first-order chi connectivity index (χ1) is 9.75. The van der Waals surface area contributed by atoms with E-state index in [4.69, 9.17) is 10.5 Å². The second-order valence-electron chi connectivity index (χ2n) is 4.79. The largest absolute Gasteiger partial charge is 0.378 e. The van der Waals surface area contributed by atoms with Gasteiger partial charge in [0.25, 0.3) is 0 Å². The van der Waals surface area contributed by atoms with Gasteiger partial charge in [0.05, 0.1) is 31.1 Å². The molecule has 3 heterocycles. The third-order valence-electron chi connectivity index (χ3n) is 3.31. The number of anilines is 1. The van der Waals surface area contributed by atoms with E-state index in [0.29, 0.717) is 5.82 Å². The van der Waals surface area contributed by atoms with E-state index < -0.39 is 0 Å². The van der Waals surface area contributed by atoms with E-state index in [1.165, 1.54) is 6.33 Å². The Bertz CT molecular complexity index is 558. The highest BCUT2D eigenvalue weighted by atomic mass is 16.5. The molecular weight excluding hydrogens is 256 g/mol. The summed E-state index contributed by atoms with van der Waals surface area (Å²) in [5.41, 5.74) is 6.97. The van der Waals surface area contributed by atoms with Crippen LogP contribution in [-0.2, 0) is 4.74 Å². The Labute approximate surface area is 117 Å². The molecule has 1 saturated heterocycles. The quantitative estimate of drug-likeness (QED) is 0.878. The zero-order chi connectivity index (χ0) is 13.9. The molecule has 3 rings (SSSR count). The van der Waals surface area contributed by atoms with Crippen LogP contribution in [0.4, 0.5) is 5.69 Å². The zero-order valence-corrected chi connectivity index (χ0v) is 11.4. The van der Waals surface area contributed by atoms with E-state index in [1.54, 1.807) is 4.68 Å². The summed E-state index contributed by atoms with van der Waals surface area (Å²) >= 11 is 0. The maximum absolute atomic E-state index is 5.87. The van der Waals surface area contributed by atoms with Gasteiger partial charge in [0.15, 0.2) is 11.6 Å². The summed E-state index contributed by atoms with van der Waals surface area (Å²) in [5, 5.41) is 4.18. The van der Waals surface area contributed by atoms with Gasteiger partial charge in [0.2, 0.25) is 0 Å². The van der Waals surface area contributed by atoms with Gasteiger partial charge in [-0.2, -0.15) is 9.78 Å². The third kappa shape index (κ3) is 2.50. The van der Waals surface area contributed by atoms with Crippen LogP contribution >= 0.6 is 0 Å². The fourth-order valence-corrected chi connectivity index (χ4v) is 2.25. The van der Waals surface area contributed by atoms with Crippen molar-refractivity contribution in [1.82, 2.24) is 19.7 Å². The van der Waals surface area contributed by atoms with Crippen LogP contribution in [0.25, 0.3) is 5.82 Å². The summed E-state index contributed by atoms with van der Waals surface area (Å²) in [6.45, 7) is 5.20. The maximum Gasteiger partial charge on any atom is 0.155 e. The Balaban J connectivity index is 1.83. The fraction of sp³-hybridized carbons (Fsp3) is 0.462. The van der Waals surface area contributed by atoms with E-state index in [9.17, 15) is 0 Å². The van der Waals surface area contributed by atoms with E-state index >= 15 is 0 Å². The lowest BCUT2D eigenvalue weighted by Gasteiger charge is -2.28. The standard InChI is InChI=1S/C13H18N6O/c1-10(14)13-16-9-17-19(13)12-3-2-11(8-15-12)18-4-6-20-7-5-18/h2-3,8-10H,4-7,14H2,1H3/t10-/m0/s1. The molecule has 7 heteroatoms. The summed E-state index contributed by atoms with van der Waals surface area (Å²) in [6.07, 6.45) is 3.35. The summed E-state index contributed by atoms with van der Waals surface area (Å²) < 4.78 is 7.02. The number of nitrogens with two attached hydrogens (primary N) is 1. The molecule has 20 heavy (non-hydrogen) atoms. The lowest BCUT2D eigenvalue weighted by molar-refractivity contribution is 0.122. The van der Waals surface area contributed by atoms with Crippen molar-refractivity contribution in [2.45, 2.75) is 13.0 Å². The molecule has 1 aliphatic heterocycles. The maximum atomic E-state index is 5.87. The van der Waals surface area contributed by atoms with Gasteiger partial charge < -0.3 is 15.4 Å². The number of hydrogen-bond donors (Lipinski definition) is 1. The van der Waals surface area contributed by atoms with E-state index in [2.05, 4.69) is 20.0 Å². The van der Waals surface area contributed by atoms with Crippen molar-refractivity contribution in [3.05, 3.63) is 30.5 Å². The first-order valence-corrected chi connectivity index (χ1v) is 6.70. The highest BCUT2D eigenvalue weighted by Gasteiger charge is 2.14. The average molecular weight is 274 g/mol. The summed E-state index contributed by atoms with van der Waals surface area (Å²) in [7, 11) is 0. The predicted molar refractivity (Wildman–Crippen MR) is 74.8 cm³/mol. The van der Waals surface area contributed by atoms with Crippen LogP contribution in [0.15, 0.2) is 24.7 Å². The Morgan fingerprint density at radius 2 is 2.05 bits per heavy atom. The monoisotopic (exact) mass is 274 g/mol. The van der Waals surface area contributed by atoms with Crippen molar-refractivity contribution < 1.29 is 4.74 Å². The first-order valence-electron chi connectivity index (χ1n) is 6.70. The fourth-order valence-electron chi connectivity index (χ4n) is 2.25. The first kappa shape index (κ1) is 13.0. The van der Waals surface area contributed by atoms with Crippen molar-refractivity contribution in [2.75, 3.05) is 31.2 Å². The molecule has 7 nitrogen and oxygen atoms in total. The number of aromatic nitrogens is 4. The molecule has 1 fully saturated rings. The number of ether oxygens (including phenoxy) is 1. The second-order valence-corrected chi connectivity index (χ2v) is 4.79. The number of pyridine rings is 1. The van der Waals surface area contributed by atoms with Gasteiger partial charge in [-0.25, -0.2) is 9.97 Å². The third-order valence-corrected chi connectivity index (χ3v) is 3.31. The van der Waals surface area contributed by atoms with Crippen LogP contribution in [0.2, 0.25) is 0 Å². The topological polar surface area (TPSA) is 82.1 Å². The number of morpholine rings is 1. The molecular formula is C13H18N6O. The van der Waals surface area contributed by atoms with Crippen LogP contribution in [0.5, 0.6) is 0 Å². The summed E-state index contributed by atoms with van der Waals surface area (Å²) in [5.74, 6) is 1.43. The number of hydrogen-bond acceptors (Lipinski definition) is 6. The minimum atomic E-state index is -0.182. The molecule has 0 spiro atoms. The average Bonchev–Trinajstić information content (AvgIpc) is 2.98. The van der Waals surface area contributed by atoms with Crippen molar-refractivity contribution >= 4 is 5.69 Å². The Kier molecular flexibility index (Phi) is 3.62. The van der Waals surface area contributed by atoms with E-state index in [0.717, 1.165) is 37.8 Å². The van der Waals surface area contributed by atoms with Crippen molar-refractivity contribution in [3.8, 4) is 5.82 Å². The number of rotatable bonds is 3. The Morgan fingerprint density at radius 3 is 2.70 bits per heavy atom. The molecule has 0 amide bonds. The van der Waals surface area contributed by atoms with Gasteiger partial charge in [0.1, 0.15) is 6.33 Å². The molecule has 0 radical (unpaired) electrons. The Morgan fingerprint density at radius 1 is 1.25 bits per heavy atom. The molecule has 106 valence electrons. The van der Waals surface area contributed by atoms with E-state index in [1.807, 2.05) is 25.3 Å². The highest BCUT2D eigenvalue weighted by Crippen LogP contribution is 2.17. The minimum Gasteiger partial charge on any atom is -0.378 e. The van der Waals surface area contributed by atoms with Crippen LogP contribution < -0.4 is 10.6 Å². The smallest absolute Gasteiger partial charge is 0.155 e. The van der Waals surface area contributed by atoms with Crippen molar-refractivity contribution in [3.63, 3.8) is 0 Å². The van der Waals surface area contributed by atoms with Gasteiger partial charge in [-0.15, -0.1) is 0 Å². The molecule has 1 atom stereocenters. The SMILES string of the molecule is C[C@H](N)c1ncnn1-c1ccc(N2CCOCC2)cn1. The summed E-state index contributed by atoms with van der Waals surface area (Å²) in [6, 6.07) is 3.80. The normalized spacial score (nSPS) is 17.2. The van der Waals surface area contributed by atoms with Gasteiger partial charge in [-0.1, -0.05) is 0 Å². The zero-order valence-electron chi connectivity index (χ0n) is 11.4. The minimum absolute atomic E-state index is 0.182. The van der Waals surface area contributed by atoms with Crippen molar-refractivity contribution in [1.29, 1.82) is 0 Å². The molecule has 0 aromatic carbocycles. The van der Waals surface area contributed by atoms with Crippen LogP contribution in [0.3, 0.4) is 0 Å². The highest BCUT2D eigenvalue weighted by molar-refractivity contribution is 5.46. The molecule has 0 aliphatic carbocycles. The lowest BCUT2D eigenvalue weighted by atomic mass is 10.3. The lowest BCUT2D eigenvalue weighted by Crippen LogP contribution is -2.36. The number of nitrogens with zero attached hydrogens (tertiary/aromatic N) is 5. The van der Waals surface area contributed by atoms with Crippen LogP contribution in [0.1, 0.15) is 18.8 Å². The molecule has 2 aromatic rings.